The maximum Gasteiger partial charge on any atom is 0.261 e. The molecular weight excluding hydrogens is 342 g/mol. The highest BCUT2D eigenvalue weighted by Crippen LogP contribution is 2.37. The van der Waals surface area contributed by atoms with E-state index in [9.17, 15) is 8.42 Å². The molecule has 1 aliphatic carbocycles. The predicted molar refractivity (Wildman–Crippen MR) is 106 cm³/mol. The summed E-state index contributed by atoms with van der Waals surface area (Å²) in [6, 6.07) is 21.2. The van der Waals surface area contributed by atoms with Crippen molar-refractivity contribution in [3.05, 3.63) is 83.4 Å². The van der Waals surface area contributed by atoms with Gasteiger partial charge >= 0.3 is 0 Å². The van der Waals surface area contributed by atoms with Crippen LogP contribution < -0.4 is 4.72 Å². The highest BCUT2D eigenvalue weighted by molar-refractivity contribution is 7.92. The van der Waals surface area contributed by atoms with Gasteiger partial charge in [0.1, 0.15) is 0 Å². The van der Waals surface area contributed by atoms with Crippen LogP contribution in [0.15, 0.2) is 71.6 Å². The van der Waals surface area contributed by atoms with Gasteiger partial charge in [0.2, 0.25) is 0 Å². The van der Waals surface area contributed by atoms with Crippen molar-refractivity contribution < 1.29 is 8.42 Å². The van der Waals surface area contributed by atoms with Gasteiger partial charge in [0, 0.05) is 5.69 Å². The average Bonchev–Trinajstić information content (AvgIpc) is 2.99. The van der Waals surface area contributed by atoms with Crippen molar-refractivity contribution in [2.75, 3.05) is 4.72 Å². The molecule has 0 unspecified atom stereocenters. The Morgan fingerprint density at radius 1 is 0.846 bits per heavy atom. The molecule has 0 radical (unpaired) electrons. The second kappa shape index (κ2) is 6.29. The highest BCUT2D eigenvalue weighted by Gasteiger charge is 2.22. The summed E-state index contributed by atoms with van der Waals surface area (Å²) in [6.45, 7) is 4.23. The Morgan fingerprint density at radius 3 is 2.27 bits per heavy atom. The van der Waals surface area contributed by atoms with E-state index in [0.29, 0.717) is 16.5 Å². The predicted octanol–water partition coefficient (Wildman–Crippen LogP) is 5.18. The summed E-state index contributed by atoms with van der Waals surface area (Å²) in [4.78, 5) is 0.303. The Morgan fingerprint density at radius 2 is 1.54 bits per heavy atom. The van der Waals surface area contributed by atoms with Crippen molar-refractivity contribution in [1.82, 2.24) is 0 Å². The number of hydrogen-bond acceptors (Lipinski definition) is 2. The molecule has 1 aliphatic rings. The van der Waals surface area contributed by atoms with E-state index in [1.54, 1.807) is 12.1 Å². The van der Waals surface area contributed by atoms with E-state index in [4.69, 9.17) is 0 Å². The second-order valence-electron chi connectivity index (χ2n) is 7.04. The van der Waals surface area contributed by atoms with E-state index in [2.05, 4.69) is 30.7 Å². The van der Waals surface area contributed by atoms with Crippen LogP contribution in [-0.4, -0.2) is 8.42 Å². The molecule has 4 heteroatoms. The quantitative estimate of drug-likeness (QED) is 0.543. The average molecular weight is 363 g/mol. The summed E-state index contributed by atoms with van der Waals surface area (Å²) in [6.07, 6.45) is 0.776. The van der Waals surface area contributed by atoms with Gasteiger partial charge in [-0.1, -0.05) is 56.3 Å². The molecule has 3 aromatic carbocycles. The maximum atomic E-state index is 12.8. The monoisotopic (exact) mass is 363 g/mol. The first kappa shape index (κ1) is 16.9. The van der Waals surface area contributed by atoms with Gasteiger partial charge in [-0.3, -0.25) is 4.72 Å². The molecule has 0 heterocycles. The van der Waals surface area contributed by atoms with Gasteiger partial charge in [0.25, 0.3) is 10.0 Å². The number of fused-ring (bicyclic) bond motifs is 3. The third-order valence-corrected chi connectivity index (χ3v) is 6.28. The molecule has 0 saturated heterocycles. The molecule has 4 rings (SSSR count). The zero-order chi connectivity index (χ0) is 18.3. The lowest BCUT2D eigenvalue weighted by atomic mass is 10.0. The van der Waals surface area contributed by atoms with E-state index in [-0.39, 0.29) is 0 Å². The third kappa shape index (κ3) is 3.01. The van der Waals surface area contributed by atoms with Crippen LogP contribution in [0.2, 0.25) is 0 Å². The van der Waals surface area contributed by atoms with Crippen LogP contribution in [0.25, 0.3) is 11.1 Å². The molecule has 3 aromatic rings. The second-order valence-corrected chi connectivity index (χ2v) is 8.72. The van der Waals surface area contributed by atoms with Gasteiger partial charge in [0.15, 0.2) is 0 Å². The van der Waals surface area contributed by atoms with Crippen LogP contribution in [0.1, 0.15) is 36.5 Å². The van der Waals surface area contributed by atoms with Crippen LogP contribution >= 0.6 is 0 Å². The molecule has 0 fully saturated rings. The van der Waals surface area contributed by atoms with Crippen LogP contribution in [-0.2, 0) is 16.4 Å². The van der Waals surface area contributed by atoms with Gasteiger partial charge in [-0.05, 0) is 64.4 Å². The number of nitrogens with one attached hydrogen (secondary N) is 1. The number of benzene rings is 3. The summed E-state index contributed by atoms with van der Waals surface area (Å²) in [7, 11) is -3.61. The molecule has 0 saturated carbocycles. The topological polar surface area (TPSA) is 46.2 Å². The lowest BCUT2D eigenvalue weighted by Crippen LogP contribution is -2.13. The molecular formula is C22H21NO2S. The zero-order valence-corrected chi connectivity index (χ0v) is 15.7. The zero-order valence-electron chi connectivity index (χ0n) is 14.9. The molecule has 0 aliphatic heterocycles. The first-order valence-corrected chi connectivity index (χ1v) is 10.3. The minimum absolute atomic E-state index is 0.303. The molecule has 0 spiro atoms. The summed E-state index contributed by atoms with van der Waals surface area (Å²) in [5, 5.41) is 0. The molecule has 0 amide bonds. The Balaban J connectivity index is 1.62. The molecule has 132 valence electrons. The van der Waals surface area contributed by atoms with E-state index in [0.717, 1.165) is 17.5 Å². The minimum Gasteiger partial charge on any atom is -0.280 e. The van der Waals surface area contributed by atoms with E-state index >= 15 is 0 Å². The third-order valence-electron chi connectivity index (χ3n) is 4.91. The maximum absolute atomic E-state index is 12.8. The van der Waals surface area contributed by atoms with Crippen molar-refractivity contribution in [3.63, 3.8) is 0 Å². The molecule has 0 atom stereocenters. The SMILES string of the molecule is CC(C)c1ccc(NS(=O)(=O)c2ccc3c(c2)Cc2ccccc2-3)cc1. The first-order valence-electron chi connectivity index (χ1n) is 8.78. The normalized spacial score (nSPS) is 12.7. The molecule has 1 N–H and O–H groups in total. The van der Waals surface area contributed by atoms with Gasteiger partial charge in [-0.15, -0.1) is 0 Å². The summed E-state index contributed by atoms with van der Waals surface area (Å²) in [5.41, 5.74) is 6.39. The van der Waals surface area contributed by atoms with Crippen molar-refractivity contribution >= 4 is 15.7 Å². The Bertz CT molecular complexity index is 1070. The fraction of sp³-hybridized carbons (Fsp3) is 0.182. The molecule has 0 aromatic heterocycles. The van der Waals surface area contributed by atoms with Gasteiger partial charge in [0.05, 0.1) is 4.90 Å². The minimum atomic E-state index is -3.61. The first-order chi connectivity index (χ1) is 12.4. The largest absolute Gasteiger partial charge is 0.280 e. The number of sulfonamides is 1. The fourth-order valence-corrected chi connectivity index (χ4v) is 4.55. The van der Waals surface area contributed by atoms with Crippen molar-refractivity contribution in [3.8, 4) is 11.1 Å². The highest BCUT2D eigenvalue weighted by atomic mass is 32.2. The van der Waals surface area contributed by atoms with Crippen LogP contribution in [0.4, 0.5) is 5.69 Å². The Labute approximate surface area is 154 Å². The van der Waals surface area contributed by atoms with Crippen molar-refractivity contribution in [1.29, 1.82) is 0 Å². The Hall–Kier alpha value is -2.59. The van der Waals surface area contributed by atoms with Gasteiger partial charge in [-0.2, -0.15) is 0 Å². The summed E-state index contributed by atoms with van der Waals surface area (Å²) in [5.74, 6) is 0.416. The number of hydrogen-bond donors (Lipinski definition) is 1. The summed E-state index contributed by atoms with van der Waals surface area (Å²) >= 11 is 0. The number of anilines is 1. The van der Waals surface area contributed by atoms with E-state index in [1.807, 2.05) is 42.5 Å². The molecule has 3 nitrogen and oxygen atoms in total. The van der Waals surface area contributed by atoms with Crippen molar-refractivity contribution in [2.24, 2.45) is 0 Å². The number of rotatable bonds is 4. The Kier molecular flexibility index (Phi) is 4.08. The smallest absolute Gasteiger partial charge is 0.261 e. The molecule has 26 heavy (non-hydrogen) atoms. The van der Waals surface area contributed by atoms with Gasteiger partial charge in [-0.25, -0.2) is 8.42 Å². The lowest BCUT2D eigenvalue weighted by molar-refractivity contribution is 0.601. The van der Waals surface area contributed by atoms with Crippen LogP contribution in [0.3, 0.4) is 0 Å². The van der Waals surface area contributed by atoms with Gasteiger partial charge < -0.3 is 0 Å². The van der Waals surface area contributed by atoms with Crippen LogP contribution in [0.5, 0.6) is 0 Å². The van der Waals surface area contributed by atoms with Crippen molar-refractivity contribution in [2.45, 2.75) is 31.1 Å². The summed E-state index contributed by atoms with van der Waals surface area (Å²) < 4.78 is 28.2. The van der Waals surface area contributed by atoms with Crippen LogP contribution in [0, 0.1) is 0 Å². The lowest BCUT2D eigenvalue weighted by Gasteiger charge is -2.11. The van der Waals surface area contributed by atoms with E-state index < -0.39 is 10.0 Å². The van der Waals surface area contributed by atoms with E-state index in [1.165, 1.54) is 16.7 Å². The molecule has 0 bridgehead atoms. The fourth-order valence-electron chi connectivity index (χ4n) is 3.44. The standard InChI is InChI=1S/C22H21NO2S/c1-15(2)16-7-9-19(10-8-16)23-26(24,25)20-11-12-22-18(14-20)13-17-5-3-4-6-21(17)22/h3-12,14-15,23H,13H2,1-2H3.